The Morgan fingerprint density at radius 2 is 2.20 bits per heavy atom. The van der Waals surface area contributed by atoms with Crippen molar-refractivity contribution in [2.45, 2.75) is 13.8 Å². The van der Waals surface area contributed by atoms with E-state index >= 15 is 0 Å². The topological polar surface area (TPSA) is 29.1 Å². The first kappa shape index (κ1) is 12.2. The molecule has 82 valence electrons. The SMILES string of the molecule is CC(C)CNC(=O)c1cc(Br)ccc1F. The summed E-state index contributed by atoms with van der Waals surface area (Å²) in [5.74, 6) is -0.522. The molecule has 0 unspecified atom stereocenters. The molecular weight excluding hydrogens is 261 g/mol. The number of nitrogens with one attached hydrogen (secondary N) is 1. The summed E-state index contributed by atoms with van der Waals surface area (Å²) in [6, 6.07) is 4.31. The minimum absolute atomic E-state index is 0.0741. The molecule has 1 rings (SSSR count). The normalized spacial score (nSPS) is 10.5. The second-order valence-corrected chi connectivity index (χ2v) is 4.64. The number of carbonyl (C=O) groups is 1. The zero-order valence-electron chi connectivity index (χ0n) is 8.68. The molecule has 0 bridgehead atoms. The van der Waals surface area contributed by atoms with Gasteiger partial charge in [0.1, 0.15) is 5.82 Å². The van der Waals surface area contributed by atoms with E-state index in [-0.39, 0.29) is 11.5 Å². The second kappa shape index (κ2) is 5.26. The Hall–Kier alpha value is -0.900. The molecule has 0 aliphatic carbocycles. The van der Waals surface area contributed by atoms with E-state index in [4.69, 9.17) is 0 Å². The number of benzene rings is 1. The maximum Gasteiger partial charge on any atom is 0.254 e. The Bertz CT molecular complexity index is 366. The van der Waals surface area contributed by atoms with Gasteiger partial charge in [0, 0.05) is 11.0 Å². The van der Waals surface area contributed by atoms with Crippen molar-refractivity contribution >= 4 is 21.8 Å². The molecule has 0 atom stereocenters. The third kappa shape index (κ3) is 3.63. The Morgan fingerprint density at radius 1 is 1.53 bits per heavy atom. The van der Waals surface area contributed by atoms with Gasteiger partial charge in [0.2, 0.25) is 0 Å². The standard InChI is InChI=1S/C11H13BrFNO/c1-7(2)6-14-11(15)9-5-8(12)3-4-10(9)13/h3-5,7H,6H2,1-2H3,(H,14,15). The lowest BCUT2D eigenvalue weighted by molar-refractivity contribution is 0.0945. The van der Waals surface area contributed by atoms with Crippen molar-refractivity contribution in [3.63, 3.8) is 0 Å². The van der Waals surface area contributed by atoms with Gasteiger partial charge in [-0.3, -0.25) is 4.79 Å². The summed E-state index contributed by atoms with van der Waals surface area (Å²) in [7, 11) is 0. The van der Waals surface area contributed by atoms with Crippen LogP contribution in [0, 0.1) is 11.7 Å². The van der Waals surface area contributed by atoms with Crippen LogP contribution in [0.3, 0.4) is 0 Å². The van der Waals surface area contributed by atoms with Crippen molar-refractivity contribution in [2.75, 3.05) is 6.54 Å². The molecule has 0 aromatic heterocycles. The quantitative estimate of drug-likeness (QED) is 0.902. The van der Waals surface area contributed by atoms with E-state index < -0.39 is 5.82 Å². The third-order valence-electron chi connectivity index (χ3n) is 1.84. The molecule has 2 nitrogen and oxygen atoms in total. The summed E-state index contributed by atoms with van der Waals surface area (Å²) < 4.78 is 14.0. The van der Waals surface area contributed by atoms with Gasteiger partial charge in [-0.05, 0) is 24.1 Å². The van der Waals surface area contributed by atoms with Crippen LogP contribution >= 0.6 is 15.9 Å². The van der Waals surface area contributed by atoms with Crippen LogP contribution in [-0.4, -0.2) is 12.5 Å². The number of hydrogen-bond acceptors (Lipinski definition) is 1. The predicted octanol–water partition coefficient (Wildman–Crippen LogP) is 2.97. The third-order valence-corrected chi connectivity index (χ3v) is 2.34. The molecular formula is C11H13BrFNO. The Labute approximate surface area is 97.0 Å². The highest BCUT2D eigenvalue weighted by Gasteiger charge is 2.11. The van der Waals surface area contributed by atoms with Crippen molar-refractivity contribution in [2.24, 2.45) is 5.92 Å². The van der Waals surface area contributed by atoms with Gasteiger partial charge in [-0.2, -0.15) is 0 Å². The molecule has 0 saturated heterocycles. The minimum Gasteiger partial charge on any atom is -0.352 e. The lowest BCUT2D eigenvalue weighted by Gasteiger charge is -2.08. The van der Waals surface area contributed by atoms with Crippen molar-refractivity contribution in [1.29, 1.82) is 0 Å². The molecule has 1 aromatic carbocycles. The van der Waals surface area contributed by atoms with E-state index in [1.165, 1.54) is 12.1 Å². The first-order chi connectivity index (χ1) is 7.00. The van der Waals surface area contributed by atoms with Crippen LogP contribution < -0.4 is 5.32 Å². The van der Waals surface area contributed by atoms with E-state index in [1.807, 2.05) is 13.8 Å². The van der Waals surface area contributed by atoms with Gasteiger partial charge in [0.05, 0.1) is 5.56 Å². The van der Waals surface area contributed by atoms with Crippen LogP contribution in [0.1, 0.15) is 24.2 Å². The molecule has 0 heterocycles. The molecule has 1 N–H and O–H groups in total. The molecule has 0 saturated carbocycles. The minimum atomic E-state index is -0.501. The van der Waals surface area contributed by atoms with Crippen molar-refractivity contribution in [3.05, 3.63) is 34.1 Å². The molecule has 15 heavy (non-hydrogen) atoms. The highest BCUT2D eigenvalue weighted by Crippen LogP contribution is 2.15. The zero-order valence-corrected chi connectivity index (χ0v) is 10.3. The predicted molar refractivity (Wildman–Crippen MR) is 61.3 cm³/mol. The van der Waals surface area contributed by atoms with Gasteiger partial charge in [-0.15, -0.1) is 0 Å². The van der Waals surface area contributed by atoms with Gasteiger partial charge in [0.25, 0.3) is 5.91 Å². The first-order valence-corrected chi connectivity index (χ1v) is 5.53. The van der Waals surface area contributed by atoms with E-state index in [0.29, 0.717) is 16.9 Å². The summed E-state index contributed by atoms with van der Waals surface area (Å²) in [6.07, 6.45) is 0. The van der Waals surface area contributed by atoms with Gasteiger partial charge in [0.15, 0.2) is 0 Å². The summed E-state index contributed by atoms with van der Waals surface area (Å²) in [4.78, 5) is 11.6. The van der Waals surface area contributed by atoms with E-state index in [1.54, 1.807) is 6.07 Å². The average molecular weight is 274 g/mol. The fourth-order valence-electron chi connectivity index (χ4n) is 1.06. The lowest BCUT2D eigenvalue weighted by atomic mass is 10.2. The summed E-state index contributed by atoms with van der Waals surface area (Å²) in [5, 5.41) is 2.67. The van der Waals surface area contributed by atoms with E-state index in [0.717, 1.165) is 0 Å². The van der Waals surface area contributed by atoms with Crippen molar-refractivity contribution in [3.8, 4) is 0 Å². The van der Waals surface area contributed by atoms with Gasteiger partial charge < -0.3 is 5.32 Å². The van der Waals surface area contributed by atoms with Gasteiger partial charge in [-0.1, -0.05) is 29.8 Å². The largest absolute Gasteiger partial charge is 0.352 e. The Kier molecular flexibility index (Phi) is 4.27. The van der Waals surface area contributed by atoms with Crippen LogP contribution in [0.15, 0.2) is 22.7 Å². The van der Waals surface area contributed by atoms with Crippen LogP contribution in [0.25, 0.3) is 0 Å². The second-order valence-electron chi connectivity index (χ2n) is 3.73. The summed E-state index contributed by atoms with van der Waals surface area (Å²) in [6.45, 7) is 4.51. The van der Waals surface area contributed by atoms with E-state index in [2.05, 4.69) is 21.2 Å². The van der Waals surface area contributed by atoms with Crippen LogP contribution in [0.5, 0.6) is 0 Å². The lowest BCUT2D eigenvalue weighted by Crippen LogP contribution is -2.28. The highest BCUT2D eigenvalue weighted by molar-refractivity contribution is 9.10. The average Bonchev–Trinajstić information content (AvgIpc) is 2.18. The Morgan fingerprint density at radius 3 is 2.80 bits per heavy atom. The van der Waals surface area contributed by atoms with Crippen molar-refractivity contribution < 1.29 is 9.18 Å². The molecule has 0 aliphatic rings. The number of carbonyl (C=O) groups excluding carboxylic acids is 1. The maximum absolute atomic E-state index is 13.3. The number of hydrogen-bond donors (Lipinski definition) is 1. The molecule has 0 aliphatic heterocycles. The molecule has 1 amide bonds. The van der Waals surface area contributed by atoms with Crippen LogP contribution in [0.4, 0.5) is 4.39 Å². The smallest absolute Gasteiger partial charge is 0.254 e. The van der Waals surface area contributed by atoms with E-state index in [9.17, 15) is 9.18 Å². The summed E-state index contributed by atoms with van der Waals surface area (Å²) in [5.41, 5.74) is 0.0741. The summed E-state index contributed by atoms with van der Waals surface area (Å²) >= 11 is 3.20. The number of rotatable bonds is 3. The van der Waals surface area contributed by atoms with Gasteiger partial charge >= 0.3 is 0 Å². The number of halogens is 2. The van der Waals surface area contributed by atoms with Crippen LogP contribution in [0.2, 0.25) is 0 Å². The first-order valence-electron chi connectivity index (χ1n) is 4.74. The zero-order chi connectivity index (χ0) is 11.4. The van der Waals surface area contributed by atoms with Crippen LogP contribution in [-0.2, 0) is 0 Å². The molecule has 0 fully saturated rings. The number of amides is 1. The Balaban J connectivity index is 2.77. The monoisotopic (exact) mass is 273 g/mol. The molecule has 0 radical (unpaired) electrons. The molecule has 4 heteroatoms. The highest BCUT2D eigenvalue weighted by atomic mass is 79.9. The van der Waals surface area contributed by atoms with Crippen molar-refractivity contribution in [1.82, 2.24) is 5.32 Å². The fraction of sp³-hybridized carbons (Fsp3) is 0.364. The maximum atomic E-state index is 13.3. The van der Waals surface area contributed by atoms with Gasteiger partial charge in [-0.25, -0.2) is 4.39 Å². The molecule has 1 aromatic rings. The fourth-order valence-corrected chi connectivity index (χ4v) is 1.42. The molecule has 0 spiro atoms.